The molecule has 19 heavy (non-hydrogen) atoms. The van der Waals surface area contributed by atoms with Crippen LogP contribution >= 0.6 is 23.8 Å². The van der Waals surface area contributed by atoms with E-state index in [0.29, 0.717) is 29.1 Å². The van der Waals surface area contributed by atoms with Crippen LogP contribution in [0.3, 0.4) is 0 Å². The van der Waals surface area contributed by atoms with E-state index in [9.17, 15) is 8.42 Å². The number of rotatable bonds is 4. The van der Waals surface area contributed by atoms with Crippen LogP contribution in [0, 0.1) is 0 Å². The van der Waals surface area contributed by atoms with E-state index >= 15 is 0 Å². The SMILES string of the molecule is NC(=S)c1ccc(Cl)c(NS(=O)(=O)C2CCCC2)c1. The first-order valence-corrected chi connectivity index (χ1v) is 8.34. The third-order valence-corrected chi connectivity index (χ3v) is 5.66. The predicted molar refractivity (Wildman–Crippen MR) is 82.1 cm³/mol. The highest BCUT2D eigenvalue weighted by Gasteiger charge is 2.29. The zero-order valence-electron chi connectivity index (χ0n) is 10.2. The Morgan fingerprint density at radius 3 is 2.58 bits per heavy atom. The van der Waals surface area contributed by atoms with Gasteiger partial charge in [0, 0.05) is 5.56 Å². The molecule has 1 aliphatic rings. The molecule has 104 valence electrons. The van der Waals surface area contributed by atoms with E-state index in [2.05, 4.69) is 4.72 Å². The lowest BCUT2D eigenvalue weighted by atomic mass is 10.2. The molecule has 3 N–H and O–H groups in total. The number of thiocarbonyl (C=S) groups is 1. The van der Waals surface area contributed by atoms with E-state index in [1.807, 2.05) is 0 Å². The molecule has 1 aromatic rings. The van der Waals surface area contributed by atoms with Crippen molar-refractivity contribution >= 4 is 44.5 Å². The summed E-state index contributed by atoms with van der Waals surface area (Å²) in [6, 6.07) is 4.82. The molecule has 1 aliphatic carbocycles. The molecule has 0 aliphatic heterocycles. The Morgan fingerprint density at radius 1 is 1.37 bits per heavy atom. The highest BCUT2D eigenvalue weighted by atomic mass is 35.5. The van der Waals surface area contributed by atoms with Crippen molar-refractivity contribution in [3.05, 3.63) is 28.8 Å². The molecule has 0 bridgehead atoms. The van der Waals surface area contributed by atoms with Gasteiger partial charge in [-0.05, 0) is 25.0 Å². The Balaban J connectivity index is 2.27. The number of anilines is 1. The quantitative estimate of drug-likeness (QED) is 0.837. The van der Waals surface area contributed by atoms with Gasteiger partial charge in [0.05, 0.1) is 16.0 Å². The third-order valence-electron chi connectivity index (χ3n) is 3.24. The molecule has 7 heteroatoms. The number of halogens is 1. The second kappa shape index (κ2) is 5.64. The van der Waals surface area contributed by atoms with E-state index in [1.165, 1.54) is 0 Å². The number of hydrogen-bond acceptors (Lipinski definition) is 3. The van der Waals surface area contributed by atoms with Gasteiger partial charge in [-0.1, -0.05) is 42.7 Å². The fraction of sp³-hybridized carbons (Fsp3) is 0.417. The number of nitrogens with two attached hydrogens (primary N) is 1. The van der Waals surface area contributed by atoms with E-state index < -0.39 is 10.0 Å². The van der Waals surface area contributed by atoms with Gasteiger partial charge in [0.2, 0.25) is 10.0 Å². The van der Waals surface area contributed by atoms with E-state index in [1.54, 1.807) is 18.2 Å². The van der Waals surface area contributed by atoms with Crippen LogP contribution in [0.2, 0.25) is 5.02 Å². The Bertz CT molecular complexity index is 596. The minimum absolute atomic E-state index is 0.206. The van der Waals surface area contributed by atoms with Crippen LogP contribution in [0.1, 0.15) is 31.2 Å². The van der Waals surface area contributed by atoms with Gasteiger partial charge >= 0.3 is 0 Å². The molecule has 1 saturated carbocycles. The monoisotopic (exact) mass is 318 g/mol. The zero-order valence-corrected chi connectivity index (χ0v) is 12.6. The summed E-state index contributed by atoms with van der Waals surface area (Å²) in [6.07, 6.45) is 3.29. The molecule has 4 nitrogen and oxygen atoms in total. The van der Waals surface area contributed by atoms with E-state index in [0.717, 1.165) is 12.8 Å². The summed E-state index contributed by atoms with van der Waals surface area (Å²) in [5, 5.41) is -0.00128. The maximum Gasteiger partial charge on any atom is 0.235 e. The van der Waals surface area contributed by atoms with Gasteiger partial charge in [-0.25, -0.2) is 8.42 Å². The van der Waals surface area contributed by atoms with Crippen LogP contribution in [-0.4, -0.2) is 18.7 Å². The van der Waals surface area contributed by atoms with Crippen molar-refractivity contribution in [2.24, 2.45) is 5.73 Å². The molecule has 0 atom stereocenters. The second-order valence-electron chi connectivity index (χ2n) is 4.61. The molecule has 0 amide bonds. The smallest absolute Gasteiger partial charge is 0.235 e. The maximum atomic E-state index is 12.2. The lowest BCUT2D eigenvalue weighted by molar-refractivity contribution is 0.585. The van der Waals surface area contributed by atoms with Gasteiger partial charge in [-0.15, -0.1) is 0 Å². The summed E-state index contributed by atoms with van der Waals surface area (Å²) >= 11 is 10.9. The summed E-state index contributed by atoms with van der Waals surface area (Å²) < 4.78 is 27.0. The molecule has 0 saturated heterocycles. The topological polar surface area (TPSA) is 72.2 Å². The van der Waals surface area contributed by atoms with Crippen LogP contribution in [0.15, 0.2) is 18.2 Å². The van der Waals surface area contributed by atoms with Gasteiger partial charge in [0.25, 0.3) is 0 Å². The van der Waals surface area contributed by atoms with Crippen LogP contribution < -0.4 is 10.5 Å². The normalized spacial score (nSPS) is 16.5. The Labute approximate surface area is 123 Å². The summed E-state index contributed by atoms with van der Waals surface area (Å²) in [4.78, 5) is 0.206. The molecular formula is C12H15ClN2O2S2. The van der Waals surface area contributed by atoms with Crippen molar-refractivity contribution in [1.82, 2.24) is 0 Å². The number of sulfonamides is 1. The Kier molecular flexibility index (Phi) is 4.32. The molecule has 1 fully saturated rings. The van der Waals surface area contributed by atoms with Crippen LogP contribution in [-0.2, 0) is 10.0 Å². The maximum absolute atomic E-state index is 12.2. The highest BCUT2D eigenvalue weighted by molar-refractivity contribution is 7.93. The fourth-order valence-corrected chi connectivity index (χ4v) is 4.14. The lowest BCUT2D eigenvalue weighted by Gasteiger charge is -2.15. The predicted octanol–water partition coefficient (Wildman–Crippen LogP) is 2.66. The third kappa shape index (κ3) is 3.38. The first-order valence-electron chi connectivity index (χ1n) is 6.01. The molecule has 2 rings (SSSR count). The Morgan fingerprint density at radius 2 is 2.00 bits per heavy atom. The first kappa shape index (κ1) is 14.6. The van der Waals surface area contributed by atoms with E-state index in [4.69, 9.17) is 29.6 Å². The van der Waals surface area contributed by atoms with Crippen molar-refractivity contribution in [1.29, 1.82) is 0 Å². The van der Waals surface area contributed by atoms with Crippen molar-refractivity contribution in [3.63, 3.8) is 0 Å². The summed E-state index contributed by atoms with van der Waals surface area (Å²) in [6.45, 7) is 0. The van der Waals surface area contributed by atoms with Gasteiger partial charge in [-0.3, -0.25) is 4.72 Å². The van der Waals surface area contributed by atoms with Gasteiger partial charge in [0.1, 0.15) is 4.99 Å². The summed E-state index contributed by atoms with van der Waals surface area (Å²) in [5.74, 6) is 0. The van der Waals surface area contributed by atoms with Crippen molar-refractivity contribution in [2.75, 3.05) is 4.72 Å². The summed E-state index contributed by atoms with van der Waals surface area (Å²) in [7, 11) is -3.40. The minimum atomic E-state index is -3.40. The number of nitrogens with one attached hydrogen (secondary N) is 1. The standard InChI is InChI=1S/C12H15ClN2O2S2/c13-10-6-5-8(12(14)18)7-11(10)15-19(16,17)9-3-1-2-4-9/h5-7,9,15H,1-4H2,(H2,14,18). The zero-order chi connectivity index (χ0) is 14.0. The average molecular weight is 319 g/mol. The van der Waals surface area contributed by atoms with Gasteiger partial charge < -0.3 is 5.73 Å². The number of benzene rings is 1. The van der Waals surface area contributed by atoms with Crippen LogP contribution in [0.4, 0.5) is 5.69 Å². The second-order valence-corrected chi connectivity index (χ2v) is 7.42. The largest absolute Gasteiger partial charge is 0.389 e. The Hall–Kier alpha value is -0.850. The molecule has 0 spiro atoms. The van der Waals surface area contributed by atoms with Gasteiger partial charge in [0.15, 0.2) is 0 Å². The molecule has 0 unspecified atom stereocenters. The van der Waals surface area contributed by atoms with Crippen molar-refractivity contribution < 1.29 is 8.42 Å². The van der Waals surface area contributed by atoms with Crippen LogP contribution in [0.5, 0.6) is 0 Å². The van der Waals surface area contributed by atoms with Gasteiger partial charge in [-0.2, -0.15) is 0 Å². The lowest BCUT2D eigenvalue weighted by Crippen LogP contribution is -2.25. The van der Waals surface area contributed by atoms with Crippen molar-refractivity contribution in [3.8, 4) is 0 Å². The molecule has 1 aromatic carbocycles. The van der Waals surface area contributed by atoms with E-state index in [-0.39, 0.29) is 10.2 Å². The fourth-order valence-electron chi connectivity index (χ4n) is 2.19. The molecule has 0 heterocycles. The van der Waals surface area contributed by atoms with Crippen molar-refractivity contribution in [2.45, 2.75) is 30.9 Å². The molecule has 0 aromatic heterocycles. The highest BCUT2D eigenvalue weighted by Crippen LogP contribution is 2.29. The summed E-state index contributed by atoms with van der Waals surface area (Å²) in [5.41, 5.74) is 6.45. The molecule has 0 radical (unpaired) electrons. The molecular weight excluding hydrogens is 304 g/mol. The minimum Gasteiger partial charge on any atom is -0.389 e. The first-order chi connectivity index (χ1) is 8.90. The average Bonchev–Trinajstić information content (AvgIpc) is 2.85. The number of hydrogen-bond donors (Lipinski definition) is 2. The van der Waals surface area contributed by atoms with Crippen LogP contribution in [0.25, 0.3) is 0 Å².